The molecule has 3 atom stereocenters. The Bertz CT molecular complexity index is 1100. The van der Waals surface area contributed by atoms with Gasteiger partial charge in [-0.1, -0.05) is 29.8 Å². The van der Waals surface area contributed by atoms with Gasteiger partial charge in [-0.05, 0) is 49.7 Å². The van der Waals surface area contributed by atoms with Gasteiger partial charge in [0, 0.05) is 23.7 Å². The van der Waals surface area contributed by atoms with Gasteiger partial charge in [0.15, 0.2) is 0 Å². The van der Waals surface area contributed by atoms with Gasteiger partial charge >= 0.3 is 5.97 Å². The highest BCUT2D eigenvalue weighted by atomic mass is 35.5. The van der Waals surface area contributed by atoms with Gasteiger partial charge in [0.2, 0.25) is 10.0 Å². The van der Waals surface area contributed by atoms with Crippen molar-refractivity contribution in [3.05, 3.63) is 64.7 Å². The third-order valence-electron chi connectivity index (χ3n) is 5.30. The Morgan fingerprint density at radius 2 is 1.79 bits per heavy atom. The van der Waals surface area contributed by atoms with Gasteiger partial charge in [-0.15, -0.1) is 0 Å². The van der Waals surface area contributed by atoms with E-state index in [-0.39, 0.29) is 42.2 Å². The van der Waals surface area contributed by atoms with E-state index in [0.29, 0.717) is 10.6 Å². The van der Waals surface area contributed by atoms with Gasteiger partial charge in [0.05, 0.1) is 36.7 Å². The third-order valence-corrected chi connectivity index (χ3v) is 7.38. The summed E-state index contributed by atoms with van der Waals surface area (Å²) in [5.41, 5.74) is 0.826. The van der Waals surface area contributed by atoms with Gasteiger partial charge in [0.25, 0.3) is 5.91 Å². The van der Waals surface area contributed by atoms with E-state index in [2.05, 4.69) is 5.32 Å². The Balaban J connectivity index is 1.83. The van der Waals surface area contributed by atoms with Crippen LogP contribution in [0, 0.1) is 0 Å². The molecule has 1 fully saturated rings. The molecule has 1 aliphatic rings. The first kappa shape index (κ1) is 25.2. The highest BCUT2D eigenvalue weighted by molar-refractivity contribution is 7.89. The minimum absolute atomic E-state index is 0.0208. The van der Waals surface area contributed by atoms with Crippen molar-refractivity contribution in [2.75, 3.05) is 20.2 Å². The predicted molar refractivity (Wildman–Crippen MR) is 124 cm³/mol. The predicted octanol–water partition coefficient (Wildman–Crippen LogP) is 3.17. The van der Waals surface area contributed by atoms with Gasteiger partial charge < -0.3 is 14.8 Å². The van der Waals surface area contributed by atoms with Crippen molar-refractivity contribution >= 4 is 33.5 Å². The number of ether oxygens (including phenoxy) is 2. The van der Waals surface area contributed by atoms with E-state index in [1.165, 1.54) is 35.7 Å². The average molecular weight is 495 g/mol. The zero-order chi connectivity index (χ0) is 24.2. The molecule has 0 aromatic heterocycles. The summed E-state index contributed by atoms with van der Waals surface area (Å²) in [6.45, 7) is 4.11. The molecule has 10 heteroatoms. The number of carbonyl (C=O) groups is 2. The largest absolute Gasteiger partial charge is 0.469 e. The fourth-order valence-corrected chi connectivity index (χ4v) is 5.48. The second kappa shape index (κ2) is 10.6. The van der Waals surface area contributed by atoms with Crippen molar-refractivity contribution in [1.82, 2.24) is 9.62 Å². The van der Waals surface area contributed by atoms with Crippen LogP contribution < -0.4 is 5.32 Å². The summed E-state index contributed by atoms with van der Waals surface area (Å²) >= 11 is 5.95. The lowest BCUT2D eigenvalue weighted by Gasteiger charge is -2.34. The first-order chi connectivity index (χ1) is 15.6. The molecule has 0 aliphatic carbocycles. The number of rotatable bonds is 7. The molecule has 8 nitrogen and oxygen atoms in total. The van der Waals surface area contributed by atoms with Crippen molar-refractivity contribution in [1.29, 1.82) is 0 Å². The Hall–Kier alpha value is -2.46. The second-order valence-electron chi connectivity index (χ2n) is 7.97. The molecular formula is C23H27ClN2O6S. The van der Waals surface area contributed by atoms with Crippen molar-refractivity contribution in [2.45, 2.75) is 43.4 Å². The zero-order valence-corrected chi connectivity index (χ0v) is 20.2. The minimum atomic E-state index is -3.81. The normalized spacial score (nSPS) is 20.1. The molecular weight excluding hydrogens is 468 g/mol. The molecule has 33 heavy (non-hydrogen) atoms. The number of carbonyl (C=O) groups excluding carboxylic acids is 2. The van der Waals surface area contributed by atoms with Crippen LogP contribution in [0.25, 0.3) is 0 Å². The van der Waals surface area contributed by atoms with Crippen LogP contribution in [0.5, 0.6) is 0 Å². The summed E-state index contributed by atoms with van der Waals surface area (Å²) in [5.74, 6) is -1.01. The van der Waals surface area contributed by atoms with Crippen LogP contribution in [-0.4, -0.2) is 57.0 Å². The Morgan fingerprint density at radius 3 is 2.39 bits per heavy atom. The second-order valence-corrected chi connectivity index (χ2v) is 10.3. The molecule has 2 aromatic carbocycles. The standard InChI is InChI=1S/C23H27ClN2O6S/c1-15-13-26(14-16(2)32-15)33(29,30)20-6-4-5-18(11-20)23(28)25-21(12-22(27)31-3)17-7-9-19(24)10-8-17/h4-11,15-16,21H,12-14H2,1-3H3,(H,25,28). The quantitative estimate of drug-likeness (QED) is 0.593. The first-order valence-corrected chi connectivity index (χ1v) is 12.3. The number of halogens is 1. The zero-order valence-electron chi connectivity index (χ0n) is 18.7. The third kappa shape index (κ3) is 6.32. The van der Waals surface area contributed by atoms with Crippen LogP contribution >= 0.6 is 11.6 Å². The topological polar surface area (TPSA) is 102 Å². The molecule has 1 heterocycles. The maximum Gasteiger partial charge on any atom is 0.307 e. The highest BCUT2D eigenvalue weighted by Gasteiger charge is 2.32. The molecule has 2 aromatic rings. The van der Waals surface area contributed by atoms with Crippen LogP contribution in [0.2, 0.25) is 5.02 Å². The lowest BCUT2D eigenvalue weighted by atomic mass is 10.0. The smallest absolute Gasteiger partial charge is 0.307 e. The van der Waals surface area contributed by atoms with Gasteiger partial charge in [-0.2, -0.15) is 4.31 Å². The van der Waals surface area contributed by atoms with Crippen molar-refractivity contribution in [3.63, 3.8) is 0 Å². The number of hydrogen-bond donors (Lipinski definition) is 1. The number of benzene rings is 2. The van der Waals surface area contributed by atoms with Gasteiger partial charge in [-0.3, -0.25) is 9.59 Å². The molecule has 3 rings (SSSR count). The summed E-state index contributed by atoms with van der Waals surface area (Å²) in [5, 5.41) is 3.32. The summed E-state index contributed by atoms with van der Waals surface area (Å²) in [7, 11) is -2.54. The van der Waals surface area contributed by atoms with E-state index >= 15 is 0 Å². The van der Waals surface area contributed by atoms with Gasteiger partial charge in [0.1, 0.15) is 0 Å². The van der Waals surface area contributed by atoms with Crippen molar-refractivity contribution in [2.24, 2.45) is 0 Å². The summed E-state index contributed by atoms with van der Waals surface area (Å²) in [6.07, 6.45) is -0.548. The van der Waals surface area contributed by atoms with Crippen LogP contribution in [-0.2, 0) is 24.3 Å². The SMILES string of the molecule is COC(=O)CC(NC(=O)c1cccc(S(=O)(=O)N2CC(C)OC(C)C2)c1)c1ccc(Cl)cc1. The van der Waals surface area contributed by atoms with Crippen LogP contribution in [0.4, 0.5) is 0 Å². The molecule has 0 bridgehead atoms. The summed E-state index contributed by atoms with van der Waals surface area (Å²) in [6, 6.07) is 11.9. The number of amides is 1. The number of morpholine rings is 1. The van der Waals surface area contributed by atoms with Crippen LogP contribution in [0.1, 0.15) is 42.2 Å². The van der Waals surface area contributed by atoms with Gasteiger partial charge in [-0.25, -0.2) is 8.42 Å². The molecule has 0 radical (unpaired) electrons. The lowest BCUT2D eigenvalue weighted by molar-refractivity contribution is -0.141. The van der Waals surface area contributed by atoms with E-state index in [1.54, 1.807) is 24.3 Å². The molecule has 3 unspecified atom stereocenters. The lowest BCUT2D eigenvalue weighted by Crippen LogP contribution is -2.48. The minimum Gasteiger partial charge on any atom is -0.469 e. The number of esters is 1. The molecule has 1 aliphatic heterocycles. The average Bonchev–Trinajstić information content (AvgIpc) is 2.78. The fraction of sp³-hybridized carbons (Fsp3) is 0.391. The molecule has 1 N–H and O–H groups in total. The number of nitrogens with one attached hydrogen (secondary N) is 1. The van der Waals surface area contributed by atoms with Crippen molar-refractivity contribution < 1.29 is 27.5 Å². The van der Waals surface area contributed by atoms with E-state index in [4.69, 9.17) is 21.1 Å². The van der Waals surface area contributed by atoms with Crippen LogP contribution in [0.3, 0.4) is 0 Å². The maximum absolute atomic E-state index is 13.2. The molecule has 1 saturated heterocycles. The van der Waals surface area contributed by atoms with Crippen LogP contribution in [0.15, 0.2) is 53.4 Å². The number of methoxy groups -OCH3 is 1. The molecule has 0 saturated carbocycles. The molecule has 178 valence electrons. The maximum atomic E-state index is 13.2. The number of hydrogen-bond acceptors (Lipinski definition) is 6. The first-order valence-electron chi connectivity index (χ1n) is 10.5. The fourth-order valence-electron chi connectivity index (χ4n) is 3.71. The van der Waals surface area contributed by atoms with E-state index < -0.39 is 27.9 Å². The molecule has 1 amide bonds. The summed E-state index contributed by atoms with van der Waals surface area (Å²) < 4.78 is 38.1. The van der Waals surface area contributed by atoms with E-state index in [0.717, 1.165) is 0 Å². The molecule has 0 spiro atoms. The van der Waals surface area contributed by atoms with Crippen molar-refractivity contribution in [3.8, 4) is 0 Å². The van der Waals surface area contributed by atoms with E-state index in [9.17, 15) is 18.0 Å². The monoisotopic (exact) mass is 494 g/mol. The number of nitrogens with zero attached hydrogens (tertiary/aromatic N) is 1. The highest BCUT2D eigenvalue weighted by Crippen LogP contribution is 2.24. The number of sulfonamides is 1. The summed E-state index contributed by atoms with van der Waals surface area (Å²) in [4.78, 5) is 24.9. The van der Waals surface area contributed by atoms with E-state index in [1.807, 2.05) is 13.8 Å². The Labute approximate surface area is 198 Å². The Kier molecular flexibility index (Phi) is 8.12. The Morgan fingerprint density at radius 1 is 1.15 bits per heavy atom.